The van der Waals surface area contributed by atoms with Gasteiger partial charge in [-0.15, -0.1) is 0 Å². The van der Waals surface area contributed by atoms with E-state index >= 15 is 0 Å². The van der Waals surface area contributed by atoms with Crippen LogP contribution < -0.4 is 15.4 Å². The van der Waals surface area contributed by atoms with E-state index in [-0.39, 0.29) is 0 Å². The van der Waals surface area contributed by atoms with Gasteiger partial charge < -0.3 is 15.4 Å². The number of hydrogen-bond donors (Lipinski definition) is 1. The van der Waals surface area contributed by atoms with Crippen LogP contribution in [0.5, 0.6) is 5.75 Å². The van der Waals surface area contributed by atoms with Crippen molar-refractivity contribution in [3.8, 4) is 5.75 Å². The van der Waals surface area contributed by atoms with Crippen molar-refractivity contribution >= 4 is 27.3 Å². The van der Waals surface area contributed by atoms with Gasteiger partial charge >= 0.3 is 0 Å². The molecule has 0 unspecified atom stereocenters. The van der Waals surface area contributed by atoms with E-state index in [1.165, 1.54) is 5.56 Å². The predicted octanol–water partition coefficient (Wildman–Crippen LogP) is 3.68. The van der Waals surface area contributed by atoms with E-state index < -0.39 is 0 Å². The fourth-order valence-electron chi connectivity index (χ4n) is 1.90. The Balaban J connectivity index is 2.12. The Hall–Kier alpha value is -1.68. The standard InChI is InChI=1S/C15H17BrN2O/c1-18(13-6-4-12(17)5-7-13)10-11-3-8-15(19-2)14(16)9-11/h3-9H,10,17H2,1-2H3. The maximum atomic E-state index is 5.69. The number of benzene rings is 2. The van der Waals surface area contributed by atoms with Crippen molar-refractivity contribution in [2.45, 2.75) is 6.54 Å². The van der Waals surface area contributed by atoms with E-state index in [0.29, 0.717) is 0 Å². The first kappa shape index (κ1) is 13.7. The fourth-order valence-corrected chi connectivity index (χ4v) is 2.49. The van der Waals surface area contributed by atoms with Crippen molar-refractivity contribution in [1.82, 2.24) is 0 Å². The van der Waals surface area contributed by atoms with E-state index in [9.17, 15) is 0 Å². The van der Waals surface area contributed by atoms with Crippen LogP contribution in [0.4, 0.5) is 11.4 Å². The van der Waals surface area contributed by atoms with Gasteiger partial charge in [0, 0.05) is 25.0 Å². The van der Waals surface area contributed by atoms with Crippen molar-refractivity contribution in [3.63, 3.8) is 0 Å². The van der Waals surface area contributed by atoms with E-state index in [2.05, 4.69) is 40.0 Å². The molecule has 0 saturated heterocycles. The Kier molecular flexibility index (Phi) is 4.32. The molecule has 0 aliphatic rings. The molecule has 0 fully saturated rings. The number of rotatable bonds is 4. The van der Waals surface area contributed by atoms with Gasteiger partial charge in [0.2, 0.25) is 0 Å². The van der Waals surface area contributed by atoms with Gasteiger partial charge in [-0.3, -0.25) is 0 Å². The zero-order valence-corrected chi connectivity index (χ0v) is 12.6. The molecule has 0 aliphatic heterocycles. The second kappa shape index (κ2) is 5.97. The Morgan fingerprint density at radius 1 is 1.16 bits per heavy atom. The lowest BCUT2D eigenvalue weighted by molar-refractivity contribution is 0.412. The van der Waals surface area contributed by atoms with Crippen molar-refractivity contribution in [2.24, 2.45) is 0 Å². The van der Waals surface area contributed by atoms with Gasteiger partial charge in [-0.25, -0.2) is 0 Å². The Morgan fingerprint density at radius 3 is 2.42 bits per heavy atom. The van der Waals surface area contributed by atoms with E-state index in [1.807, 2.05) is 30.3 Å². The molecule has 2 N–H and O–H groups in total. The molecule has 2 aromatic carbocycles. The second-order valence-electron chi connectivity index (χ2n) is 4.42. The largest absolute Gasteiger partial charge is 0.496 e. The molecule has 0 saturated carbocycles. The lowest BCUT2D eigenvalue weighted by atomic mass is 10.2. The highest BCUT2D eigenvalue weighted by Gasteiger charge is 2.05. The predicted molar refractivity (Wildman–Crippen MR) is 83.7 cm³/mol. The van der Waals surface area contributed by atoms with Crippen molar-refractivity contribution in [3.05, 3.63) is 52.5 Å². The molecule has 0 amide bonds. The fraction of sp³-hybridized carbons (Fsp3) is 0.200. The van der Waals surface area contributed by atoms with Crippen LogP contribution in [-0.2, 0) is 6.54 Å². The first-order valence-electron chi connectivity index (χ1n) is 5.99. The molecule has 100 valence electrons. The highest BCUT2D eigenvalue weighted by molar-refractivity contribution is 9.10. The number of methoxy groups -OCH3 is 1. The summed E-state index contributed by atoms with van der Waals surface area (Å²) in [6.07, 6.45) is 0. The van der Waals surface area contributed by atoms with Gasteiger partial charge in [0.25, 0.3) is 0 Å². The zero-order chi connectivity index (χ0) is 13.8. The molecule has 2 rings (SSSR count). The number of hydrogen-bond acceptors (Lipinski definition) is 3. The molecule has 0 radical (unpaired) electrons. The second-order valence-corrected chi connectivity index (χ2v) is 5.27. The highest BCUT2D eigenvalue weighted by Crippen LogP contribution is 2.26. The van der Waals surface area contributed by atoms with Crippen LogP contribution in [0.1, 0.15) is 5.56 Å². The summed E-state index contributed by atoms with van der Waals surface area (Å²) in [5.74, 6) is 0.846. The van der Waals surface area contributed by atoms with Crippen LogP contribution in [0.2, 0.25) is 0 Å². The highest BCUT2D eigenvalue weighted by atomic mass is 79.9. The summed E-state index contributed by atoms with van der Waals surface area (Å²) in [7, 11) is 3.73. The summed E-state index contributed by atoms with van der Waals surface area (Å²) in [5.41, 5.74) is 8.83. The molecule has 19 heavy (non-hydrogen) atoms. The molecule has 0 atom stereocenters. The Bertz CT molecular complexity index is 555. The summed E-state index contributed by atoms with van der Waals surface area (Å²) in [6, 6.07) is 14.0. The van der Waals surface area contributed by atoms with E-state index in [4.69, 9.17) is 10.5 Å². The molecule has 0 aliphatic carbocycles. The summed E-state index contributed by atoms with van der Waals surface area (Å²) in [5, 5.41) is 0. The van der Waals surface area contributed by atoms with Crippen LogP contribution in [0.3, 0.4) is 0 Å². The summed E-state index contributed by atoms with van der Waals surface area (Å²) >= 11 is 3.50. The molecule has 0 heterocycles. The summed E-state index contributed by atoms with van der Waals surface area (Å²) in [6.45, 7) is 0.826. The van der Waals surface area contributed by atoms with E-state index in [1.54, 1.807) is 7.11 Å². The monoisotopic (exact) mass is 320 g/mol. The maximum Gasteiger partial charge on any atom is 0.133 e. The lowest BCUT2D eigenvalue weighted by Gasteiger charge is -2.20. The molecular weight excluding hydrogens is 304 g/mol. The van der Waals surface area contributed by atoms with Crippen molar-refractivity contribution in [2.75, 3.05) is 24.8 Å². The van der Waals surface area contributed by atoms with Crippen LogP contribution in [0.25, 0.3) is 0 Å². The minimum Gasteiger partial charge on any atom is -0.496 e. The molecule has 2 aromatic rings. The number of anilines is 2. The smallest absolute Gasteiger partial charge is 0.133 e. The Labute approximate surface area is 122 Å². The van der Waals surface area contributed by atoms with Gasteiger partial charge in [-0.05, 0) is 57.9 Å². The Morgan fingerprint density at radius 2 is 1.84 bits per heavy atom. The van der Waals surface area contributed by atoms with Crippen LogP contribution >= 0.6 is 15.9 Å². The molecule has 0 bridgehead atoms. The average Bonchev–Trinajstić information content (AvgIpc) is 2.39. The van der Waals surface area contributed by atoms with Crippen molar-refractivity contribution < 1.29 is 4.74 Å². The normalized spacial score (nSPS) is 10.3. The molecule has 3 nitrogen and oxygen atoms in total. The van der Waals surface area contributed by atoms with E-state index in [0.717, 1.165) is 28.1 Å². The third-order valence-electron chi connectivity index (χ3n) is 2.97. The lowest BCUT2D eigenvalue weighted by Crippen LogP contribution is -2.16. The zero-order valence-electron chi connectivity index (χ0n) is 11.1. The third-order valence-corrected chi connectivity index (χ3v) is 3.59. The number of ether oxygens (including phenoxy) is 1. The number of nitrogen functional groups attached to an aromatic ring is 1. The first-order valence-corrected chi connectivity index (χ1v) is 6.78. The topological polar surface area (TPSA) is 38.5 Å². The van der Waals surface area contributed by atoms with Gasteiger partial charge in [0.15, 0.2) is 0 Å². The molecule has 0 aromatic heterocycles. The quantitative estimate of drug-likeness (QED) is 0.873. The van der Waals surface area contributed by atoms with Crippen molar-refractivity contribution in [1.29, 1.82) is 0 Å². The van der Waals surface area contributed by atoms with Crippen LogP contribution in [-0.4, -0.2) is 14.2 Å². The number of halogens is 1. The first-order chi connectivity index (χ1) is 9.10. The van der Waals surface area contributed by atoms with Crippen LogP contribution in [0, 0.1) is 0 Å². The summed E-state index contributed by atoms with van der Waals surface area (Å²) < 4.78 is 6.20. The molecule has 0 spiro atoms. The number of nitrogens with two attached hydrogens (primary N) is 1. The minimum atomic E-state index is 0.782. The average molecular weight is 321 g/mol. The third kappa shape index (κ3) is 3.41. The SMILES string of the molecule is COc1ccc(CN(C)c2ccc(N)cc2)cc1Br. The minimum absolute atomic E-state index is 0.782. The summed E-state index contributed by atoms with van der Waals surface area (Å²) in [4.78, 5) is 2.17. The molecule has 4 heteroatoms. The van der Waals surface area contributed by atoms with Gasteiger partial charge in [-0.1, -0.05) is 6.07 Å². The maximum absolute atomic E-state index is 5.69. The number of nitrogens with zero attached hydrogens (tertiary/aromatic N) is 1. The van der Waals surface area contributed by atoms with Gasteiger partial charge in [-0.2, -0.15) is 0 Å². The molecular formula is C15H17BrN2O. The van der Waals surface area contributed by atoms with Crippen LogP contribution in [0.15, 0.2) is 46.9 Å². The van der Waals surface area contributed by atoms with Gasteiger partial charge in [0.1, 0.15) is 5.75 Å². The van der Waals surface area contributed by atoms with Gasteiger partial charge in [0.05, 0.1) is 11.6 Å².